The van der Waals surface area contributed by atoms with Crippen LogP contribution in [0.3, 0.4) is 0 Å². The predicted molar refractivity (Wildman–Crippen MR) is 39.4 cm³/mol. The van der Waals surface area contributed by atoms with Crippen LogP contribution in [0.15, 0.2) is 11.1 Å². The van der Waals surface area contributed by atoms with Gasteiger partial charge in [-0.15, -0.1) is 0 Å². The molecule has 0 saturated carbocycles. The van der Waals surface area contributed by atoms with Crippen molar-refractivity contribution in [2.45, 2.75) is 0 Å². The third kappa shape index (κ3) is 0.759. The minimum Gasteiger partial charge on any atom is -0.287 e. The molecule has 0 unspecified atom stereocenters. The smallest absolute Gasteiger partial charge is 0.239 e. The molecule has 51 valence electrons. The molecular weight excluding hydrogens is 148 g/mol. The summed E-state index contributed by atoms with van der Waals surface area (Å²) >= 11 is 1.48. The molecule has 1 saturated heterocycles. The summed E-state index contributed by atoms with van der Waals surface area (Å²) in [6.07, 6.45) is 4.48. The fraction of sp³-hybridized carbons (Fsp3) is 0.333. The van der Waals surface area contributed by atoms with Gasteiger partial charge in [-0.05, 0) is 6.08 Å². The molecule has 3 nitrogen and oxygen atoms in total. The van der Waals surface area contributed by atoms with Crippen molar-refractivity contribution in [2.75, 3.05) is 12.3 Å². The van der Waals surface area contributed by atoms with Crippen LogP contribution in [-0.2, 0) is 4.79 Å². The van der Waals surface area contributed by atoms with Crippen molar-refractivity contribution in [3.8, 4) is 0 Å². The molecule has 2 aliphatic rings. The zero-order valence-corrected chi connectivity index (χ0v) is 6.02. The SMILES string of the molecule is O=C1CSC2=N[C]=CCN12. The molecule has 1 fully saturated rings. The number of amidine groups is 1. The molecule has 0 aromatic rings. The van der Waals surface area contributed by atoms with Gasteiger partial charge in [0.25, 0.3) is 0 Å². The standard InChI is InChI=1S/C6H5N2OS/c9-5-4-10-6-7-2-1-3-8(5)6/h1H,3-4H2. The molecule has 2 aliphatic heterocycles. The first kappa shape index (κ1) is 5.97. The van der Waals surface area contributed by atoms with E-state index in [2.05, 4.69) is 11.2 Å². The van der Waals surface area contributed by atoms with E-state index in [4.69, 9.17) is 0 Å². The van der Waals surface area contributed by atoms with E-state index in [1.54, 1.807) is 11.0 Å². The highest BCUT2D eigenvalue weighted by Gasteiger charge is 2.27. The van der Waals surface area contributed by atoms with Gasteiger partial charge in [-0.3, -0.25) is 9.69 Å². The van der Waals surface area contributed by atoms with Crippen LogP contribution in [0, 0.1) is 6.20 Å². The maximum Gasteiger partial charge on any atom is 0.239 e. The van der Waals surface area contributed by atoms with Crippen molar-refractivity contribution in [1.82, 2.24) is 4.90 Å². The lowest BCUT2D eigenvalue weighted by Gasteiger charge is -2.14. The molecule has 0 aromatic heterocycles. The number of hydrogen-bond acceptors (Lipinski definition) is 3. The molecule has 0 bridgehead atoms. The highest BCUT2D eigenvalue weighted by atomic mass is 32.2. The summed E-state index contributed by atoms with van der Waals surface area (Å²) < 4.78 is 0. The Hall–Kier alpha value is -0.770. The van der Waals surface area contributed by atoms with Gasteiger partial charge in [0, 0.05) is 6.54 Å². The highest BCUT2D eigenvalue weighted by Crippen LogP contribution is 2.20. The summed E-state index contributed by atoms with van der Waals surface area (Å²) in [5, 5.41) is 0.799. The van der Waals surface area contributed by atoms with E-state index in [9.17, 15) is 4.79 Å². The normalized spacial score (nSPS) is 23.0. The first-order valence-electron chi connectivity index (χ1n) is 2.96. The first-order chi connectivity index (χ1) is 4.88. The van der Waals surface area contributed by atoms with Crippen LogP contribution >= 0.6 is 11.8 Å². The van der Waals surface area contributed by atoms with Gasteiger partial charge in [0.15, 0.2) is 5.17 Å². The molecule has 0 atom stereocenters. The highest BCUT2D eigenvalue weighted by molar-refractivity contribution is 8.15. The second kappa shape index (κ2) is 2.12. The number of thioether (sulfide) groups is 1. The van der Waals surface area contributed by atoms with Crippen LogP contribution < -0.4 is 0 Å². The predicted octanol–water partition coefficient (Wildman–Crippen LogP) is 0.248. The Morgan fingerprint density at radius 1 is 1.80 bits per heavy atom. The van der Waals surface area contributed by atoms with Gasteiger partial charge in [-0.2, -0.15) is 0 Å². The summed E-state index contributed by atoms with van der Waals surface area (Å²) in [6.45, 7) is 0.644. The van der Waals surface area contributed by atoms with Crippen LogP contribution in [-0.4, -0.2) is 28.3 Å². The maximum absolute atomic E-state index is 11.0. The second-order valence-corrected chi connectivity index (χ2v) is 2.96. The molecule has 4 heteroatoms. The van der Waals surface area contributed by atoms with Crippen molar-refractivity contribution in [2.24, 2.45) is 4.99 Å². The minimum atomic E-state index is 0.154. The van der Waals surface area contributed by atoms with Gasteiger partial charge in [0.1, 0.15) is 0 Å². The summed E-state index contributed by atoms with van der Waals surface area (Å²) in [4.78, 5) is 16.6. The van der Waals surface area contributed by atoms with E-state index in [0.29, 0.717) is 12.3 Å². The van der Waals surface area contributed by atoms with Crippen molar-refractivity contribution < 1.29 is 4.79 Å². The Morgan fingerprint density at radius 2 is 2.70 bits per heavy atom. The van der Waals surface area contributed by atoms with Crippen molar-refractivity contribution in [1.29, 1.82) is 0 Å². The van der Waals surface area contributed by atoms with Crippen LogP contribution in [0.1, 0.15) is 0 Å². The Balaban J connectivity index is 2.31. The molecule has 0 aliphatic carbocycles. The van der Waals surface area contributed by atoms with E-state index in [-0.39, 0.29) is 5.91 Å². The fourth-order valence-electron chi connectivity index (χ4n) is 0.894. The molecule has 0 aromatic carbocycles. The average Bonchev–Trinajstić information content (AvgIpc) is 2.34. The van der Waals surface area contributed by atoms with Crippen LogP contribution in [0.2, 0.25) is 0 Å². The third-order valence-corrected chi connectivity index (χ3v) is 2.34. The summed E-state index contributed by atoms with van der Waals surface area (Å²) in [7, 11) is 0. The molecule has 0 N–H and O–H groups in total. The number of carbonyl (C=O) groups excluding carboxylic acids is 1. The maximum atomic E-state index is 11.0. The van der Waals surface area contributed by atoms with E-state index in [1.807, 2.05) is 0 Å². The molecule has 0 spiro atoms. The van der Waals surface area contributed by atoms with E-state index in [0.717, 1.165) is 5.17 Å². The van der Waals surface area contributed by atoms with Crippen molar-refractivity contribution in [3.05, 3.63) is 12.3 Å². The van der Waals surface area contributed by atoms with E-state index < -0.39 is 0 Å². The quantitative estimate of drug-likeness (QED) is 0.499. The van der Waals surface area contributed by atoms with Crippen LogP contribution in [0.5, 0.6) is 0 Å². The number of carbonyl (C=O) groups is 1. The second-order valence-electron chi connectivity index (χ2n) is 2.02. The monoisotopic (exact) mass is 153 g/mol. The van der Waals surface area contributed by atoms with Crippen molar-refractivity contribution >= 4 is 22.8 Å². The molecule has 2 rings (SSSR count). The Labute approximate surface area is 62.8 Å². The van der Waals surface area contributed by atoms with E-state index in [1.165, 1.54) is 11.8 Å². The number of amides is 1. The minimum absolute atomic E-state index is 0.154. The Morgan fingerprint density at radius 3 is 3.50 bits per heavy atom. The number of fused-ring (bicyclic) bond motifs is 1. The lowest BCUT2D eigenvalue weighted by molar-refractivity contribution is -0.123. The molecule has 1 amide bonds. The third-order valence-electron chi connectivity index (χ3n) is 1.38. The number of aliphatic imine (C=N–C) groups is 1. The molecule has 1 radical (unpaired) electrons. The number of nitrogens with zero attached hydrogens (tertiary/aromatic N) is 2. The van der Waals surface area contributed by atoms with Gasteiger partial charge in [0.05, 0.1) is 12.0 Å². The van der Waals surface area contributed by atoms with Crippen molar-refractivity contribution in [3.63, 3.8) is 0 Å². The largest absolute Gasteiger partial charge is 0.287 e. The Bertz CT molecular complexity index is 234. The van der Waals surface area contributed by atoms with Gasteiger partial charge < -0.3 is 0 Å². The Kier molecular flexibility index (Phi) is 1.27. The molecule has 10 heavy (non-hydrogen) atoms. The summed E-state index contributed by atoms with van der Waals surface area (Å²) in [6, 6.07) is 0. The van der Waals surface area contributed by atoms with Crippen LogP contribution in [0.25, 0.3) is 0 Å². The molecular formula is C6H5N2OS. The zero-order chi connectivity index (χ0) is 6.97. The lowest BCUT2D eigenvalue weighted by Crippen LogP contribution is -2.30. The fourth-order valence-corrected chi connectivity index (χ4v) is 1.75. The van der Waals surface area contributed by atoms with Gasteiger partial charge in [0.2, 0.25) is 5.91 Å². The van der Waals surface area contributed by atoms with Gasteiger partial charge in [-0.1, -0.05) is 11.8 Å². The number of rotatable bonds is 0. The van der Waals surface area contributed by atoms with E-state index >= 15 is 0 Å². The average molecular weight is 153 g/mol. The summed E-state index contributed by atoms with van der Waals surface area (Å²) in [5.41, 5.74) is 0. The topological polar surface area (TPSA) is 32.7 Å². The van der Waals surface area contributed by atoms with Gasteiger partial charge >= 0.3 is 0 Å². The van der Waals surface area contributed by atoms with Crippen LogP contribution in [0.4, 0.5) is 0 Å². The zero-order valence-electron chi connectivity index (χ0n) is 5.20. The van der Waals surface area contributed by atoms with Gasteiger partial charge in [-0.25, -0.2) is 4.99 Å². The lowest BCUT2D eigenvalue weighted by atomic mass is 10.5. The number of hydrogen-bond donors (Lipinski definition) is 0. The summed E-state index contributed by atoms with van der Waals surface area (Å²) in [5.74, 6) is 0.690. The first-order valence-corrected chi connectivity index (χ1v) is 3.94. The molecule has 2 heterocycles.